The standard InChI is InChI=1S/C30H32FN3O/c1-22-7-5-6-10-27(22)29-20-28(25-11-13-26(31)14-12-25)32-34(29)30(35)21-33-17-15-24(16-18-33)19-23-8-3-2-4-9-23/h2-14,24,29H,15-21H2,1H3/t29-/m1/s1. The van der Waals surface area contributed by atoms with E-state index in [-0.39, 0.29) is 17.8 Å². The van der Waals surface area contributed by atoms with E-state index in [1.807, 2.05) is 12.1 Å². The summed E-state index contributed by atoms with van der Waals surface area (Å²) in [6.45, 7) is 4.31. The molecule has 1 fully saturated rings. The van der Waals surface area contributed by atoms with Gasteiger partial charge >= 0.3 is 0 Å². The number of amides is 1. The summed E-state index contributed by atoms with van der Waals surface area (Å²) in [5, 5.41) is 6.45. The summed E-state index contributed by atoms with van der Waals surface area (Å²) in [4.78, 5) is 15.8. The summed E-state index contributed by atoms with van der Waals surface area (Å²) in [6.07, 6.45) is 3.94. The third-order valence-corrected chi connectivity index (χ3v) is 7.32. The molecule has 2 heterocycles. The molecule has 4 nitrogen and oxygen atoms in total. The molecule has 3 aromatic carbocycles. The van der Waals surface area contributed by atoms with Gasteiger partial charge in [0.2, 0.25) is 0 Å². The predicted octanol–water partition coefficient (Wildman–Crippen LogP) is 5.77. The van der Waals surface area contributed by atoms with Gasteiger partial charge in [-0.1, -0.05) is 66.7 Å². The Balaban J connectivity index is 1.28. The van der Waals surface area contributed by atoms with E-state index in [1.54, 1.807) is 17.1 Å². The number of hydrogen-bond donors (Lipinski definition) is 0. The number of carbonyl (C=O) groups excluding carboxylic acids is 1. The number of likely N-dealkylation sites (tertiary alicyclic amines) is 1. The molecule has 0 aliphatic carbocycles. The highest BCUT2D eigenvalue weighted by Crippen LogP contribution is 2.34. The highest BCUT2D eigenvalue weighted by Gasteiger charge is 2.35. The van der Waals surface area contributed by atoms with Crippen molar-refractivity contribution in [3.63, 3.8) is 0 Å². The molecular weight excluding hydrogens is 437 g/mol. The smallest absolute Gasteiger partial charge is 0.257 e. The average molecular weight is 470 g/mol. The molecule has 0 spiro atoms. The van der Waals surface area contributed by atoms with Gasteiger partial charge in [0.15, 0.2) is 0 Å². The van der Waals surface area contributed by atoms with Crippen molar-refractivity contribution in [3.05, 3.63) is 107 Å². The van der Waals surface area contributed by atoms with Gasteiger partial charge in [0, 0.05) is 6.42 Å². The molecule has 0 aromatic heterocycles. The third kappa shape index (κ3) is 5.51. The van der Waals surface area contributed by atoms with E-state index in [4.69, 9.17) is 5.10 Å². The molecule has 2 aliphatic heterocycles. The molecule has 1 atom stereocenters. The molecular formula is C30H32FN3O. The van der Waals surface area contributed by atoms with Crippen LogP contribution in [0.5, 0.6) is 0 Å². The highest BCUT2D eigenvalue weighted by atomic mass is 19.1. The SMILES string of the molecule is Cc1ccccc1[C@H]1CC(c2ccc(F)cc2)=NN1C(=O)CN1CCC(Cc2ccccc2)CC1. The van der Waals surface area contributed by atoms with Gasteiger partial charge in [-0.15, -0.1) is 0 Å². The van der Waals surface area contributed by atoms with Crippen molar-refractivity contribution in [2.75, 3.05) is 19.6 Å². The van der Waals surface area contributed by atoms with Gasteiger partial charge in [-0.2, -0.15) is 5.10 Å². The van der Waals surface area contributed by atoms with Gasteiger partial charge in [0.05, 0.1) is 18.3 Å². The van der Waals surface area contributed by atoms with Crippen LogP contribution in [0.1, 0.15) is 47.6 Å². The normalized spacial score (nSPS) is 19.1. The van der Waals surface area contributed by atoms with Crippen LogP contribution < -0.4 is 0 Å². The van der Waals surface area contributed by atoms with Crippen LogP contribution in [0.3, 0.4) is 0 Å². The fraction of sp³-hybridized carbons (Fsp3) is 0.333. The molecule has 1 saturated heterocycles. The van der Waals surface area contributed by atoms with Crippen LogP contribution in [-0.2, 0) is 11.2 Å². The number of carbonyl (C=O) groups is 1. The second-order valence-electron chi connectivity index (χ2n) is 9.78. The van der Waals surface area contributed by atoms with Gasteiger partial charge in [-0.3, -0.25) is 9.69 Å². The second-order valence-corrected chi connectivity index (χ2v) is 9.78. The molecule has 0 N–H and O–H groups in total. The summed E-state index contributed by atoms with van der Waals surface area (Å²) in [5.74, 6) is 0.418. The quantitative estimate of drug-likeness (QED) is 0.460. The monoisotopic (exact) mass is 469 g/mol. The molecule has 5 rings (SSSR count). The number of rotatable bonds is 6. The number of aryl methyl sites for hydroxylation is 1. The zero-order valence-corrected chi connectivity index (χ0v) is 20.2. The van der Waals surface area contributed by atoms with Crippen LogP contribution in [0, 0.1) is 18.7 Å². The lowest BCUT2D eigenvalue weighted by Gasteiger charge is -2.33. The lowest BCUT2D eigenvalue weighted by atomic mass is 9.90. The number of benzene rings is 3. The second kappa shape index (κ2) is 10.5. The van der Waals surface area contributed by atoms with Crippen molar-refractivity contribution < 1.29 is 9.18 Å². The van der Waals surface area contributed by atoms with Crippen LogP contribution in [0.2, 0.25) is 0 Å². The zero-order valence-electron chi connectivity index (χ0n) is 20.2. The summed E-state index contributed by atoms with van der Waals surface area (Å²) >= 11 is 0. The number of hydrazone groups is 1. The van der Waals surface area contributed by atoms with Crippen molar-refractivity contribution >= 4 is 11.6 Å². The van der Waals surface area contributed by atoms with Crippen LogP contribution in [0.25, 0.3) is 0 Å². The number of piperidine rings is 1. The van der Waals surface area contributed by atoms with Crippen molar-refractivity contribution in [2.45, 2.75) is 38.6 Å². The molecule has 35 heavy (non-hydrogen) atoms. The molecule has 180 valence electrons. The molecule has 2 aliphatic rings. The van der Waals surface area contributed by atoms with Crippen LogP contribution in [0.15, 0.2) is 84.0 Å². The Morgan fingerprint density at radius 2 is 1.63 bits per heavy atom. The Bertz CT molecular complexity index is 1180. The van der Waals surface area contributed by atoms with Crippen LogP contribution in [0.4, 0.5) is 4.39 Å². The first-order valence-corrected chi connectivity index (χ1v) is 12.5. The molecule has 0 unspecified atom stereocenters. The van der Waals surface area contributed by atoms with E-state index in [1.165, 1.54) is 17.7 Å². The maximum atomic E-state index is 13.5. The minimum atomic E-state index is -0.272. The Morgan fingerprint density at radius 3 is 2.34 bits per heavy atom. The topological polar surface area (TPSA) is 35.9 Å². The zero-order chi connectivity index (χ0) is 24.2. The van der Waals surface area contributed by atoms with E-state index < -0.39 is 0 Å². The molecule has 0 radical (unpaired) electrons. The maximum Gasteiger partial charge on any atom is 0.257 e. The van der Waals surface area contributed by atoms with E-state index in [0.29, 0.717) is 18.9 Å². The van der Waals surface area contributed by atoms with Crippen LogP contribution in [-0.4, -0.2) is 41.2 Å². The first kappa shape index (κ1) is 23.4. The first-order chi connectivity index (χ1) is 17.1. The van der Waals surface area contributed by atoms with Gasteiger partial charge < -0.3 is 0 Å². The predicted molar refractivity (Wildman–Crippen MR) is 138 cm³/mol. The van der Waals surface area contributed by atoms with Crippen molar-refractivity contribution in [2.24, 2.45) is 11.0 Å². The molecule has 3 aromatic rings. The number of nitrogens with zero attached hydrogens (tertiary/aromatic N) is 3. The molecule has 5 heteroatoms. The van der Waals surface area contributed by atoms with Crippen molar-refractivity contribution in [1.82, 2.24) is 9.91 Å². The Hall–Kier alpha value is -3.31. The molecule has 0 saturated carbocycles. The number of hydrogen-bond acceptors (Lipinski definition) is 3. The minimum absolute atomic E-state index is 0.0249. The Labute approximate surface area is 207 Å². The summed E-state index contributed by atoms with van der Waals surface area (Å²) in [6, 6.07) is 25.1. The maximum absolute atomic E-state index is 13.5. The summed E-state index contributed by atoms with van der Waals surface area (Å²) in [7, 11) is 0. The van der Waals surface area contributed by atoms with Crippen molar-refractivity contribution in [1.29, 1.82) is 0 Å². The van der Waals surface area contributed by atoms with Gasteiger partial charge in [0.25, 0.3) is 5.91 Å². The fourth-order valence-corrected chi connectivity index (χ4v) is 5.32. The largest absolute Gasteiger partial charge is 0.294 e. The summed E-state index contributed by atoms with van der Waals surface area (Å²) in [5.41, 5.74) is 5.34. The van der Waals surface area contributed by atoms with E-state index >= 15 is 0 Å². The lowest BCUT2D eigenvalue weighted by molar-refractivity contribution is -0.134. The van der Waals surface area contributed by atoms with E-state index in [9.17, 15) is 9.18 Å². The fourth-order valence-electron chi connectivity index (χ4n) is 5.32. The lowest BCUT2D eigenvalue weighted by Crippen LogP contribution is -2.42. The summed E-state index contributed by atoms with van der Waals surface area (Å²) < 4.78 is 13.5. The van der Waals surface area contributed by atoms with Crippen molar-refractivity contribution in [3.8, 4) is 0 Å². The Kier molecular flexibility index (Phi) is 7.05. The molecule has 1 amide bonds. The number of halogens is 1. The average Bonchev–Trinajstić information content (AvgIpc) is 3.32. The van der Waals surface area contributed by atoms with E-state index in [0.717, 1.165) is 54.8 Å². The molecule has 0 bridgehead atoms. The van der Waals surface area contributed by atoms with Gasteiger partial charge in [0.1, 0.15) is 5.82 Å². The first-order valence-electron chi connectivity index (χ1n) is 12.5. The van der Waals surface area contributed by atoms with Gasteiger partial charge in [-0.25, -0.2) is 9.40 Å². The minimum Gasteiger partial charge on any atom is -0.294 e. The van der Waals surface area contributed by atoms with Gasteiger partial charge in [-0.05, 0) is 79.6 Å². The highest BCUT2D eigenvalue weighted by molar-refractivity contribution is 6.03. The third-order valence-electron chi connectivity index (χ3n) is 7.32. The Morgan fingerprint density at radius 1 is 0.943 bits per heavy atom. The van der Waals surface area contributed by atoms with Crippen LogP contribution >= 0.6 is 0 Å². The van der Waals surface area contributed by atoms with E-state index in [2.05, 4.69) is 54.3 Å².